The highest BCUT2D eigenvalue weighted by Crippen LogP contribution is 2.24. The molecule has 1 saturated heterocycles. The fourth-order valence-corrected chi connectivity index (χ4v) is 4.03. The van der Waals surface area contributed by atoms with E-state index in [4.69, 9.17) is 5.73 Å². The van der Waals surface area contributed by atoms with Crippen LogP contribution in [0.1, 0.15) is 23.2 Å². The van der Waals surface area contributed by atoms with E-state index in [1.54, 1.807) is 18.2 Å². The molecule has 7 heteroatoms. The minimum absolute atomic E-state index is 0.247. The highest BCUT2D eigenvalue weighted by molar-refractivity contribution is 7.92. The average molecular weight is 298 g/mol. The summed E-state index contributed by atoms with van der Waals surface area (Å²) in [7, 11) is -1.69. The molecule has 0 bridgehead atoms. The Kier molecular flexibility index (Phi) is 4.17. The Balaban J connectivity index is 2.11. The number of esters is 1. The highest BCUT2D eigenvalue weighted by Gasteiger charge is 2.30. The van der Waals surface area contributed by atoms with Gasteiger partial charge in [0.15, 0.2) is 9.84 Å². The van der Waals surface area contributed by atoms with Gasteiger partial charge in [0.25, 0.3) is 0 Å². The summed E-state index contributed by atoms with van der Waals surface area (Å²) in [5.41, 5.74) is 7.21. The van der Waals surface area contributed by atoms with Gasteiger partial charge in [-0.15, -0.1) is 0 Å². The lowest BCUT2D eigenvalue weighted by molar-refractivity contribution is 0.0601. The summed E-state index contributed by atoms with van der Waals surface area (Å²) >= 11 is 0. The van der Waals surface area contributed by atoms with Gasteiger partial charge in [-0.2, -0.15) is 0 Å². The van der Waals surface area contributed by atoms with Gasteiger partial charge in [0.1, 0.15) is 0 Å². The summed E-state index contributed by atoms with van der Waals surface area (Å²) in [6.07, 6.45) is 1.36. The molecule has 0 amide bonds. The molecule has 1 aromatic carbocycles. The molecule has 1 unspecified atom stereocenters. The summed E-state index contributed by atoms with van der Waals surface area (Å²) in [6.45, 7) is 0.303. The molecule has 0 saturated carbocycles. The first kappa shape index (κ1) is 14.6. The molecule has 110 valence electrons. The number of benzene rings is 1. The third-order valence-corrected chi connectivity index (χ3v) is 5.73. The van der Waals surface area contributed by atoms with E-state index in [9.17, 15) is 13.2 Å². The number of rotatable bonds is 4. The average Bonchev–Trinajstić information content (AvgIpc) is 2.76. The summed E-state index contributed by atoms with van der Waals surface area (Å²) < 4.78 is 28.1. The second-order valence-corrected chi connectivity index (χ2v) is 7.21. The standard InChI is InChI=1S/C13H18N2O4S/c1-19-13(16)9-4-5-11(14)12(7-9)15-8-10-3-2-6-20(10,17)18/h4-5,7,10,15H,2-3,6,8,14H2,1H3. The molecule has 1 aliphatic heterocycles. The van der Waals surface area contributed by atoms with Crippen molar-refractivity contribution in [2.75, 3.05) is 30.5 Å². The summed E-state index contributed by atoms with van der Waals surface area (Å²) in [4.78, 5) is 11.5. The largest absolute Gasteiger partial charge is 0.465 e. The smallest absolute Gasteiger partial charge is 0.337 e. The molecular formula is C13H18N2O4S. The number of ether oxygens (including phenoxy) is 1. The van der Waals surface area contributed by atoms with E-state index in [0.29, 0.717) is 36.3 Å². The Labute approximate surface area is 118 Å². The first-order valence-corrected chi connectivity index (χ1v) is 8.09. The van der Waals surface area contributed by atoms with Crippen LogP contribution in [-0.2, 0) is 14.6 Å². The molecular weight excluding hydrogens is 280 g/mol. The second-order valence-electron chi connectivity index (χ2n) is 4.81. The zero-order valence-electron chi connectivity index (χ0n) is 11.3. The van der Waals surface area contributed by atoms with Gasteiger partial charge in [-0.1, -0.05) is 0 Å². The van der Waals surface area contributed by atoms with Crippen molar-refractivity contribution in [2.24, 2.45) is 0 Å². The number of methoxy groups -OCH3 is 1. The second kappa shape index (κ2) is 5.70. The molecule has 1 aromatic rings. The maximum absolute atomic E-state index is 11.7. The molecule has 1 heterocycles. The van der Waals surface area contributed by atoms with Crippen LogP contribution in [0.5, 0.6) is 0 Å². The van der Waals surface area contributed by atoms with Gasteiger partial charge < -0.3 is 15.8 Å². The molecule has 0 spiro atoms. The molecule has 6 nitrogen and oxygen atoms in total. The van der Waals surface area contributed by atoms with Crippen molar-refractivity contribution in [1.82, 2.24) is 0 Å². The molecule has 0 aromatic heterocycles. The van der Waals surface area contributed by atoms with E-state index in [1.807, 2.05) is 0 Å². The van der Waals surface area contributed by atoms with Crippen molar-refractivity contribution in [3.63, 3.8) is 0 Å². The van der Waals surface area contributed by atoms with Crippen LogP contribution in [0.25, 0.3) is 0 Å². The number of hydrogen-bond acceptors (Lipinski definition) is 6. The minimum atomic E-state index is -3.00. The van der Waals surface area contributed by atoms with Gasteiger partial charge in [0, 0.05) is 6.54 Å². The Morgan fingerprint density at radius 1 is 1.50 bits per heavy atom. The predicted octanol–water partition coefficient (Wildman–Crippen LogP) is 1.04. The normalized spacial score (nSPS) is 20.6. The van der Waals surface area contributed by atoms with Gasteiger partial charge in [-0.25, -0.2) is 13.2 Å². The van der Waals surface area contributed by atoms with Gasteiger partial charge in [-0.3, -0.25) is 0 Å². The van der Waals surface area contributed by atoms with Crippen LogP contribution < -0.4 is 11.1 Å². The van der Waals surface area contributed by atoms with Crippen LogP contribution in [0.15, 0.2) is 18.2 Å². The van der Waals surface area contributed by atoms with Crippen LogP contribution >= 0.6 is 0 Å². The fraction of sp³-hybridized carbons (Fsp3) is 0.462. The molecule has 0 aliphatic carbocycles. The Morgan fingerprint density at radius 3 is 2.85 bits per heavy atom. The van der Waals surface area contributed by atoms with Crippen molar-refractivity contribution < 1.29 is 17.9 Å². The molecule has 2 rings (SSSR count). The van der Waals surface area contributed by atoms with Crippen LogP contribution in [0.4, 0.5) is 11.4 Å². The molecule has 20 heavy (non-hydrogen) atoms. The van der Waals surface area contributed by atoms with E-state index >= 15 is 0 Å². The van der Waals surface area contributed by atoms with E-state index < -0.39 is 15.8 Å². The third-order valence-electron chi connectivity index (χ3n) is 3.46. The van der Waals surface area contributed by atoms with Crippen LogP contribution in [-0.4, -0.2) is 39.0 Å². The number of anilines is 2. The topological polar surface area (TPSA) is 98.5 Å². The number of sulfone groups is 1. The minimum Gasteiger partial charge on any atom is -0.465 e. The number of carbonyl (C=O) groups is 1. The van der Waals surface area contributed by atoms with Gasteiger partial charge in [0.05, 0.1) is 35.1 Å². The van der Waals surface area contributed by atoms with Crippen molar-refractivity contribution in [3.05, 3.63) is 23.8 Å². The summed E-state index contributed by atoms with van der Waals surface area (Å²) in [5, 5.41) is 2.63. The van der Waals surface area contributed by atoms with E-state index in [0.717, 1.165) is 0 Å². The number of hydrogen-bond donors (Lipinski definition) is 2. The number of nitrogens with one attached hydrogen (secondary N) is 1. The Bertz CT molecular complexity index is 613. The van der Waals surface area contributed by atoms with Crippen molar-refractivity contribution in [3.8, 4) is 0 Å². The number of nitrogen functional groups attached to an aromatic ring is 1. The molecule has 1 aliphatic rings. The zero-order chi connectivity index (χ0) is 14.8. The zero-order valence-corrected chi connectivity index (χ0v) is 12.1. The van der Waals surface area contributed by atoms with Gasteiger partial charge >= 0.3 is 5.97 Å². The predicted molar refractivity (Wildman–Crippen MR) is 77.5 cm³/mol. The first-order chi connectivity index (χ1) is 9.44. The molecule has 3 N–H and O–H groups in total. The Hall–Kier alpha value is -1.76. The van der Waals surface area contributed by atoms with Crippen molar-refractivity contribution in [1.29, 1.82) is 0 Å². The lowest BCUT2D eigenvalue weighted by atomic mass is 10.1. The van der Waals surface area contributed by atoms with E-state index in [-0.39, 0.29) is 11.0 Å². The quantitative estimate of drug-likeness (QED) is 0.636. The van der Waals surface area contributed by atoms with Crippen molar-refractivity contribution in [2.45, 2.75) is 18.1 Å². The van der Waals surface area contributed by atoms with Gasteiger partial charge in [-0.05, 0) is 31.0 Å². The third kappa shape index (κ3) is 3.04. The lowest BCUT2D eigenvalue weighted by Crippen LogP contribution is -2.25. The first-order valence-electron chi connectivity index (χ1n) is 6.37. The maximum atomic E-state index is 11.7. The number of nitrogens with two attached hydrogens (primary N) is 1. The summed E-state index contributed by atoms with van der Waals surface area (Å²) in [6, 6.07) is 4.74. The Morgan fingerprint density at radius 2 is 2.25 bits per heavy atom. The summed E-state index contributed by atoms with van der Waals surface area (Å²) in [5.74, 6) is -0.210. The van der Waals surface area contributed by atoms with Crippen LogP contribution in [0.3, 0.4) is 0 Å². The molecule has 1 atom stereocenters. The molecule has 1 fully saturated rings. The van der Waals surface area contributed by atoms with Crippen LogP contribution in [0, 0.1) is 0 Å². The SMILES string of the molecule is COC(=O)c1ccc(N)c(NCC2CCCS2(=O)=O)c1. The lowest BCUT2D eigenvalue weighted by Gasteiger charge is -2.14. The molecule has 0 radical (unpaired) electrons. The highest BCUT2D eigenvalue weighted by atomic mass is 32.2. The monoisotopic (exact) mass is 298 g/mol. The van der Waals surface area contributed by atoms with E-state index in [1.165, 1.54) is 7.11 Å². The van der Waals surface area contributed by atoms with Gasteiger partial charge in [0.2, 0.25) is 0 Å². The van der Waals surface area contributed by atoms with E-state index in [2.05, 4.69) is 10.1 Å². The number of carbonyl (C=O) groups excluding carboxylic acids is 1. The van der Waals surface area contributed by atoms with Crippen LogP contribution in [0.2, 0.25) is 0 Å². The van der Waals surface area contributed by atoms with Crippen molar-refractivity contribution >= 4 is 27.2 Å². The fourth-order valence-electron chi connectivity index (χ4n) is 2.27. The maximum Gasteiger partial charge on any atom is 0.337 e.